The van der Waals surface area contributed by atoms with E-state index in [9.17, 15) is 28.8 Å². The molecule has 0 aliphatic carbocycles. The molecule has 0 fully saturated rings. The van der Waals surface area contributed by atoms with Crippen LogP contribution in [-0.4, -0.2) is 34.7 Å². The van der Waals surface area contributed by atoms with E-state index in [4.69, 9.17) is 0 Å². The maximum Gasteiger partial charge on any atom is 0.137 e. The number of ketones is 6. The third kappa shape index (κ3) is 51.3. The van der Waals surface area contributed by atoms with Gasteiger partial charge in [0.2, 0.25) is 0 Å². The van der Waals surface area contributed by atoms with Gasteiger partial charge in [0.25, 0.3) is 0 Å². The van der Waals surface area contributed by atoms with Crippen LogP contribution in [0.3, 0.4) is 0 Å². The normalized spacial score (nSPS) is 7.91. The van der Waals surface area contributed by atoms with Gasteiger partial charge in [0.1, 0.15) is 34.7 Å². The van der Waals surface area contributed by atoms with Crippen molar-refractivity contribution < 1.29 is 45.8 Å². The molecule has 0 unspecified atom stereocenters. The molecule has 0 amide bonds. The van der Waals surface area contributed by atoms with Gasteiger partial charge in [0.15, 0.2) is 0 Å². The molecule has 0 rings (SSSR count). The number of hydrogen-bond donors (Lipinski definition) is 0. The number of carbonyl (C=O) groups is 6. The van der Waals surface area contributed by atoms with E-state index in [1.807, 2.05) is 0 Å². The molecule has 0 aliphatic heterocycles. The molecule has 128 valence electrons. The summed E-state index contributed by atoms with van der Waals surface area (Å²) in [5.74, 6) is -0.375. The summed E-state index contributed by atoms with van der Waals surface area (Å²) in [6.07, 6.45) is 0.250. The molecule has 0 aromatic heterocycles. The topological polar surface area (TPSA) is 102 Å². The summed E-state index contributed by atoms with van der Waals surface area (Å²) in [6, 6.07) is 0. The van der Waals surface area contributed by atoms with Crippen molar-refractivity contribution in [2.24, 2.45) is 0 Å². The van der Waals surface area contributed by atoms with Crippen molar-refractivity contribution in [1.82, 2.24) is 0 Å². The van der Waals surface area contributed by atoms with Crippen LogP contribution in [0.4, 0.5) is 0 Å². The molecule has 0 aliphatic rings. The summed E-state index contributed by atoms with van der Waals surface area (Å²) in [5.41, 5.74) is 0. The molecular weight excluding hydrogens is 332 g/mol. The quantitative estimate of drug-likeness (QED) is 0.530. The molecule has 0 spiro atoms. The Balaban J connectivity index is -0.000000108. The molecule has 6 nitrogen and oxygen atoms in total. The van der Waals surface area contributed by atoms with Gasteiger partial charge in [-0.25, -0.2) is 0 Å². The second-order valence-corrected chi connectivity index (χ2v) is 4.74. The Morgan fingerprint density at radius 2 is 0.500 bits per heavy atom. The molecule has 0 aromatic carbocycles. The zero-order valence-electron chi connectivity index (χ0n) is 13.9. The van der Waals surface area contributed by atoms with Crippen molar-refractivity contribution in [1.29, 1.82) is 0 Å². The van der Waals surface area contributed by atoms with Gasteiger partial charge in [-0.15, -0.1) is 0 Å². The van der Waals surface area contributed by atoms with E-state index >= 15 is 0 Å². The largest absolute Gasteiger partial charge is 0.300 e. The summed E-state index contributed by atoms with van der Waals surface area (Å²) in [7, 11) is 0. The molecule has 0 radical (unpaired) electrons. The van der Waals surface area contributed by atoms with Crippen LogP contribution in [0.1, 0.15) is 60.8 Å². The molecular formula is C15H24FeO6. The minimum absolute atomic E-state index is 0. The summed E-state index contributed by atoms with van der Waals surface area (Å²) < 4.78 is 0. The first-order valence-electron chi connectivity index (χ1n) is 6.35. The van der Waals surface area contributed by atoms with E-state index < -0.39 is 0 Å². The third-order valence-corrected chi connectivity index (χ3v) is 1.49. The average Bonchev–Trinajstić information content (AvgIpc) is 2.10. The Bertz CT molecular complexity index is 314. The van der Waals surface area contributed by atoms with Crippen molar-refractivity contribution in [3.05, 3.63) is 0 Å². The Hall–Kier alpha value is -1.46. The second kappa shape index (κ2) is 17.6. The number of Topliss-reactive ketones (excluding diaryl/α,β-unsaturated/α-hetero) is 6. The van der Waals surface area contributed by atoms with Gasteiger partial charge >= 0.3 is 0 Å². The Labute approximate surface area is 141 Å². The number of carbonyl (C=O) groups excluding carboxylic acids is 6. The van der Waals surface area contributed by atoms with Gasteiger partial charge in [-0.05, 0) is 41.5 Å². The van der Waals surface area contributed by atoms with E-state index in [0.717, 1.165) is 0 Å². The van der Waals surface area contributed by atoms with Crippen molar-refractivity contribution in [2.75, 3.05) is 0 Å². The first-order valence-corrected chi connectivity index (χ1v) is 6.35. The Kier molecular flexibility index (Phi) is 22.9. The van der Waals surface area contributed by atoms with E-state index in [1.54, 1.807) is 0 Å². The number of hydrogen-bond acceptors (Lipinski definition) is 6. The predicted octanol–water partition coefficient (Wildman–Crippen LogP) is 1.66. The number of rotatable bonds is 6. The van der Waals surface area contributed by atoms with E-state index in [1.165, 1.54) is 41.5 Å². The standard InChI is InChI=1S/3C5H8O2.Fe/c3*1-4(6)3-5(2)7;/h3*3H2,1-2H3;. The van der Waals surface area contributed by atoms with Gasteiger partial charge in [0.05, 0.1) is 19.3 Å². The molecule has 0 aromatic rings. The monoisotopic (exact) mass is 356 g/mol. The van der Waals surface area contributed by atoms with Gasteiger partial charge in [-0.2, -0.15) is 0 Å². The van der Waals surface area contributed by atoms with E-state index in [0.29, 0.717) is 0 Å². The Morgan fingerprint density at radius 3 is 0.500 bits per heavy atom. The fraction of sp³-hybridized carbons (Fsp3) is 0.600. The van der Waals surface area contributed by atoms with Gasteiger partial charge in [0, 0.05) is 17.1 Å². The van der Waals surface area contributed by atoms with E-state index in [-0.39, 0.29) is 71.0 Å². The van der Waals surface area contributed by atoms with Crippen molar-refractivity contribution in [3.8, 4) is 0 Å². The molecule has 0 N–H and O–H groups in total. The first-order chi connectivity index (χ1) is 9.38. The second-order valence-electron chi connectivity index (χ2n) is 4.74. The maximum atomic E-state index is 10.0. The minimum Gasteiger partial charge on any atom is -0.300 e. The van der Waals surface area contributed by atoms with Crippen LogP contribution in [-0.2, 0) is 45.8 Å². The first kappa shape index (κ1) is 28.7. The fourth-order valence-electron chi connectivity index (χ4n) is 1.05. The molecule has 22 heavy (non-hydrogen) atoms. The zero-order valence-corrected chi connectivity index (χ0v) is 15.0. The average molecular weight is 356 g/mol. The summed E-state index contributed by atoms with van der Waals surface area (Å²) in [4.78, 5) is 60.2. The summed E-state index contributed by atoms with van der Waals surface area (Å²) >= 11 is 0. The third-order valence-electron chi connectivity index (χ3n) is 1.49. The predicted molar refractivity (Wildman–Crippen MR) is 77.9 cm³/mol. The van der Waals surface area contributed by atoms with Gasteiger partial charge < -0.3 is 0 Å². The van der Waals surface area contributed by atoms with Crippen molar-refractivity contribution in [3.63, 3.8) is 0 Å². The van der Waals surface area contributed by atoms with Crippen LogP contribution in [0.2, 0.25) is 0 Å². The van der Waals surface area contributed by atoms with Crippen LogP contribution in [0.5, 0.6) is 0 Å². The van der Waals surface area contributed by atoms with Crippen LogP contribution < -0.4 is 0 Å². The SMILES string of the molecule is CC(=O)CC(C)=O.CC(=O)CC(C)=O.CC(=O)CC(C)=O.[Fe]. The smallest absolute Gasteiger partial charge is 0.137 e. The van der Waals surface area contributed by atoms with Crippen molar-refractivity contribution >= 4 is 34.7 Å². The molecule has 0 bridgehead atoms. The molecule has 7 heteroatoms. The molecule has 0 saturated heterocycles. The fourth-order valence-corrected chi connectivity index (χ4v) is 1.05. The van der Waals surface area contributed by atoms with Gasteiger partial charge in [-0.1, -0.05) is 0 Å². The van der Waals surface area contributed by atoms with Crippen LogP contribution >= 0.6 is 0 Å². The maximum absolute atomic E-state index is 10.0. The van der Waals surface area contributed by atoms with E-state index in [2.05, 4.69) is 0 Å². The van der Waals surface area contributed by atoms with Crippen LogP contribution in [0, 0.1) is 0 Å². The van der Waals surface area contributed by atoms with Crippen molar-refractivity contribution in [2.45, 2.75) is 60.8 Å². The van der Waals surface area contributed by atoms with Crippen LogP contribution in [0.25, 0.3) is 0 Å². The minimum atomic E-state index is -0.0625. The van der Waals surface area contributed by atoms with Crippen LogP contribution in [0.15, 0.2) is 0 Å². The van der Waals surface area contributed by atoms with Gasteiger partial charge in [-0.3, -0.25) is 28.8 Å². The zero-order chi connectivity index (χ0) is 17.6. The summed E-state index contributed by atoms with van der Waals surface area (Å²) in [5, 5.41) is 0. The molecule has 0 heterocycles. The molecule has 0 atom stereocenters. The summed E-state index contributed by atoms with van der Waals surface area (Å²) in [6.45, 7) is 8.42. The molecule has 0 saturated carbocycles. The Morgan fingerprint density at radius 1 is 0.409 bits per heavy atom.